The van der Waals surface area contributed by atoms with Crippen molar-refractivity contribution in [1.82, 2.24) is 15.1 Å². The molecule has 0 radical (unpaired) electrons. The standard InChI is InChI=1S/C20H34N4O.HI/c1-17-5-7-19(8-6-17)16-23(3)20(21-2)22-15-18-9-11-24(12-10-18)13-14-25-4;/h5-8,18H,9-16H2,1-4H3,(H,21,22);1H. The van der Waals surface area contributed by atoms with E-state index in [2.05, 4.69) is 58.3 Å². The van der Waals surface area contributed by atoms with Crippen LogP contribution < -0.4 is 5.32 Å². The molecule has 1 aliphatic heterocycles. The Balaban J connectivity index is 0.00000338. The fraction of sp³-hybridized carbons (Fsp3) is 0.650. The van der Waals surface area contributed by atoms with E-state index in [4.69, 9.17) is 4.74 Å². The van der Waals surface area contributed by atoms with Crippen molar-refractivity contribution in [2.45, 2.75) is 26.3 Å². The predicted molar refractivity (Wildman–Crippen MR) is 120 cm³/mol. The van der Waals surface area contributed by atoms with Gasteiger partial charge in [0.15, 0.2) is 5.96 Å². The molecule has 0 bridgehead atoms. The molecule has 0 atom stereocenters. The highest BCUT2D eigenvalue weighted by molar-refractivity contribution is 14.0. The number of halogens is 1. The molecule has 1 aromatic carbocycles. The lowest BCUT2D eigenvalue weighted by molar-refractivity contribution is 0.120. The van der Waals surface area contributed by atoms with Crippen molar-refractivity contribution in [3.05, 3.63) is 35.4 Å². The van der Waals surface area contributed by atoms with Crippen molar-refractivity contribution in [1.29, 1.82) is 0 Å². The second kappa shape index (κ2) is 12.5. The van der Waals surface area contributed by atoms with Crippen molar-refractivity contribution < 1.29 is 4.74 Å². The van der Waals surface area contributed by atoms with E-state index in [9.17, 15) is 0 Å². The van der Waals surface area contributed by atoms with Gasteiger partial charge in [-0.1, -0.05) is 29.8 Å². The number of aryl methyl sites for hydroxylation is 1. The molecule has 0 aromatic heterocycles. The van der Waals surface area contributed by atoms with Gasteiger partial charge < -0.3 is 19.9 Å². The minimum absolute atomic E-state index is 0. The van der Waals surface area contributed by atoms with Crippen LogP contribution in [-0.2, 0) is 11.3 Å². The van der Waals surface area contributed by atoms with Crippen molar-refractivity contribution >= 4 is 29.9 Å². The van der Waals surface area contributed by atoms with Crippen LogP contribution in [0.4, 0.5) is 0 Å². The number of nitrogens with zero attached hydrogens (tertiary/aromatic N) is 3. The Morgan fingerprint density at radius 3 is 2.50 bits per heavy atom. The fourth-order valence-corrected chi connectivity index (χ4v) is 3.30. The van der Waals surface area contributed by atoms with E-state index in [0.717, 1.165) is 38.1 Å². The lowest BCUT2D eigenvalue weighted by Gasteiger charge is -2.32. The number of hydrogen-bond acceptors (Lipinski definition) is 3. The van der Waals surface area contributed by atoms with Gasteiger partial charge in [0.1, 0.15) is 0 Å². The van der Waals surface area contributed by atoms with Crippen molar-refractivity contribution in [2.75, 3.05) is 54.0 Å². The number of piperidine rings is 1. The molecule has 0 saturated carbocycles. The first kappa shape index (κ1) is 23.2. The first-order valence-corrected chi connectivity index (χ1v) is 9.31. The summed E-state index contributed by atoms with van der Waals surface area (Å²) in [4.78, 5) is 9.14. The molecule has 148 valence electrons. The second-order valence-electron chi connectivity index (χ2n) is 7.05. The molecule has 1 heterocycles. The third-order valence-electron chi connectivity index (χ3n) is 4.98. The number of likely N-dealkylation sites (tertiary alicyclic amines) is 1. The van der Waals surface area contributed by atoms with Crippen LogP contribution in [0.5, 0.6) is 0 Å². The highest BCUT2D eigenvalue weighted by atomic mass is 127. The smallest absolute Gasteiger partial charge is 0.193 e. The predicted octanol–water partition coefficient (Wildman–Crippen LogP) is 2.98. The van der Waals surface area contributed by atoms with Crippen molar-refractivity contribution in [3.63, 3.8) is 0 Å². The lowest BCUT2D eigenvalue weighted by Crippen LogP contribution is -2.43. The summed E-state index contributed by atoms with van der Waals surface area (Å²) in [5.74, 6) is 1.70. The third kappa shape index (κ3) is 7.80. The van der Waals surface area contributed by atoms with E-state index in [0.29, 0.717) is 0 Å². The number of benzene rings is 1. The molecule has 5 nitrogen and oxygen atoms in total. The van der Waals surface area contributed by atoms with E-state index in [1.807, 2.05) is 7.05 Å². The highest BCUT2D eigenvalue weighted by Crippen LogP contribution is 2.16. The number of methoxy groups -OCH3 is 1. The lowest BCUT2D eigenvalue weighted by atomic mass is 9.97. The highest BCUT2D eigenvalue weighted by Gasteiger charge is 2.19. The summed E-state index contributed by atoms with van der Waals surface area (Å²) in [5.41, 5.74) is 2.60. The molecule has 1 aliphatic rings. The minimum atomic E-state index is 0. The van der Waals surface area contributed by atoms with Gasteiger partial charge in [0.05, 0.1) is 6.61 Å². The Morgan fingerprint density at radius 2 is 1.92 bits per heavy atom. The molecule has 1 aromatic rings. The Bertz CT molecular complexity index is 527. The van der Waals surface area contributed by atoms with E-state index >= 15 is 0 Å². The maximum atomic E-state index is 5.17. The van der Waals surface area contributed by atoms with Gasteiger partial charge in [-0.05, 0) is 44.3 Å². The summed E-state index contributed by atoms with van der Waals surface area (Å²) < 4.78 is 5.17. The van der Waals surface area contributed by atoms with Gasteiger partial charge >= 0.3 is 0 Å². The Labute approximate surface area is 176 Å². The molecule has 1 fully saturated rings. The second-order valence-corrected chi connectivity index (χ2v) is 7.05. The van der Waals surface area contributed by atoms with Gasteiger partial charge in [-0.15, -0.1) is 24.0 Å². The van der Waals surface area contributed by atoms with E-state index in [1.165, 1.54) is 37.1 Å². The van der Waals surface area contributed by atoms with Crippen LogP contribution in [0, 0.1) is 12.8 Å². The van der Waals surface area contributed by atoms with Crippen LogP contribution in [0.15, 0.2) is 29.3 Å². The molecule has 0 spiro atoms. The Kier molecular flexibility index (Phi) is 11.2. The molecule has 0 unspecified atom stereocenters. The molecule has 26 heavy (non-hydrogen) atoms. The van der Waals surface area contributed by atoms with Gasteiger partial charge in [-0.3, -0.25) is 4.99 Å². The zero-order valence-corrected chi connectivity index (χ0v) is 19.0. The molecule has 1 saturated heterocycles. The van der Waals surface area contributed by atoms with E-state index in [-0.39, 0.29) is 24.0 Å². The number of rotatable bonds is 7. The number of nitrogens with one attached hydrogen (secondary N) is 1. The summed E-state index contributed by atoms with van der Waals surface area (Å²) in [6.45, 7) is 8.23. The topological polar surface area (TPSA) is 40.1 Å². The van der Waals surface area contributed by atoms with Crippen LogP contribution in [0.1, 0.15) is 24.0 Å². The molecule has 2 rings (SSSR count). The van der Waals surface area contributed by atoms with Crippen LogP contribution in [0.2, 0.25) is 0 Å². The van der Waals surface area contributed by atoms with Gasteiger partial charge in [0.25, 0.3) is 0 Å². The number of aliphatic imine (C=N–C) groups is 1. The normalized spacial score (nSPS) is 16.2. The molecule has 1 N–H and O–H groups in total. The van der Waals surface area contributed by atoms with Crippen LogP contribution in [-0.4, -0.2) is 69.8 Å². The molecular weight excluding hydrogens is 439 g/mol. The maximum absolute atomic E-state index is 5.17. The zero-order valence-electron chi connectivity index (χ0n) is 16.7. The maximum Gasteiger partial charge on any atom is 0.193 e. The van der Waals surface area contributed by atoms with Gasteiger partial charge in [-0.25, -0.2) is 0 Å². The Hall–Kier alpha value is -0.860. The third-order valence-corrected chi connectivity index (χ3v) is 4.98. The SMILES string of the molecule is CN=C(NCC1CCN(CCOC)CC1)N(C)Cc1ccc(C)cc1.I. The van der Waals surface area contributed by atoms with Gasteiger partial charge in [0, 0.05) is 40.8 Å². The molecular formula is C20H35IN4O. The minimum Gasteiger partial charge on any atom is -0.383 e. The molecule has 0 aliphatic carbocycles. The van der Waals surface area contributed by atoms with E-state index in [1.54, 1.807) is 7.11 Å². The zero-order chi connectivity index (χ0) is 18.1. The summed E-state index contributed by atoms with van der Waals surface area (Å²) in [6, 6.07) is 8.71. The van der Waals surface area contributed by atoms with E-state index < -0.39 is 0 Å². The number of guanidine groups is 1. The fourth-order valence-electron chi connectivity index (χ4n) is 3.30. The largest absolute Gasteiger partial charge is 0.383 e. The van der Waals surface area contributed by atoms with Crippen molar-refractivity contribution in [2.24, 2.45) is 10.9 Å². The summed E-state index contributed by atoms with van der Waals surface area (Å²) in [5, 5.41) is 3.56. The van der Waals surface area contributed by atoms with Gasteiger partial charge in [-0.2, -0.15) is 0 Å². The molecule has 6 heteroatoms. The number of ether oxygens (including phenoxy) is 1. The van der Waals surface area contributed by atoms with Crippen LogP contribution in [0.25, 0.3) is 0 Å². The summed E-state index contributed by atoms with van der Waals surface area (Å²) in [6.07, 6.45) is 2.49. The van der Waals surface area contributed by atoms with Crippen molar-refractivity contribution in [3.8, 4) is 0 Å². The number of hydrogen-bond donors (Lipinski definition) is 1. The van der Waals surface area contributed by atoms with Gasteiger partial charge in [0.2, 0.25) is 0 Å². The van der Waals surface area contributed by atoms with Crippen LogP contribution in [0.3, 0.4) is 0 Å². The van der Waals surface area contributed by atoms with Crippen LogP contribution >= 0.6 is 24.0 Å². The quantitative estimate of drug-likeness (QED) is 0.375. The Morgan fingerprint density at radius 1 is 1.27 bits per heavy atom. The average Bonchev–Trinajstić information content (AvgIpc) is 2.63. The molecule has 0 amide bonds. The summed E-state index contributed by atoms with van der Waals surface area (Å²) >= 11 is 0. The summed E-state index contributed by atoms with van der Waals surface area (Å²) in [7, 11) is 5.74. The first-order chi connectivity index (χ1) is 12.1. The average molecular weight is 474 g/mol. The monoisotopic (exact) mass is 474 g/mol. The first-order valence-electron chi connectivity index (χ1n) is 9.31.